The molecular weight excluding hydrogens is 620 g/mol. The number of nitrogens with zero attached hydrogens (tertiary/aromatic N) is 8. The van der Waals surface area contributed by atoms with Gasteiger partial charge in [-0.25, -0.2) is 14.0 Å². The minimum absolute atomic E-state index is 0.0673. The predicted molar refractivity (Wildman–Crippen MR) is 186 cm³/mol. The molecule has 0 aliphatic carbocycles. The van der Waals surface area contributed by atoms with Crippen LogP contribution in [0.5, 0.6) is 5.75 Å². The van der Waals surface area contributed by atoms with Gasteiger partial charge in [0.1, 0.15) is 31.3 Å². The molecule has 2 fully saturated rings. The monoisotopic (exact) mass is 660 g/mol. The maximum absolute atomic E-state index is 12.8. The van der Waals surface area contributed by atoms with Gasteiger partial charge in [-0.2, -0.15) is 20.1 Å². The quantitative estimate of drug-likeness (QED) is 0.192. The number of aromatic nitrogens is 6. The maximum atomic E-state index is 12.8. The molecule has 7 rings (SSSR count). The van der Waals surface area contributed by atoms with Crippen molar-refractivity contribution < 1.29 is 14.2 Å². The highest BCUT2D eigenvalue weighted by molar-refractivity contribution is 5.54. The minimum Gasteiger partial charge on any atom is -0.491 e. The Labute approximate surface area is 285 Å². The van der Waals surface area contributed by atoms with Gasteiger partial charge in [0.05, 0.1) is 30.7 Å². The topological polar surface area (TPSA) is 105 Å². The van der Waals surface area contributed by atoms with Crippen molar-refractivity contribution in [2.45, 2.75) is 44.7 Å². The highest BCUT2D eigenvalue weighted by Gasteiger charge is 2.44. The number of benzene rings is 3. The fourth-order valence-corrected chi connectivity index (χ4v) is 6.26. The van der Waals surface area contributed by atoms with Crippen LogP contribution in [0.4, 0.5) is 11.4 Å². The highest BCUT2D eigenvalue weighted by Crippen LogP contribution is 2.36. The third kappa shape index (κ3) is 6.81. The van der Waals surface area contributed by atoms with Gasteiger partial charge in [0, 0.05) is 48.7 Å². The normalized spacial score (nSPS) is 19.9. The molecule has 2 aromatic heterocycles. The van der Waals surface area contributed by atoms with Crippen LogP contribution in [0, 0.1) is 12.3 Å². The van der Waals surface area contributed by atoms with E-state index in [2.05, 4.69) is 62.2 Å². The molecule has 3 atom stereocenters. The number of terminal acetylenes is 1. The van der Waals surface area contributed by atoms with E-state index in [0.717, 1.165) is 66.5 Å². The van der Waals surface area contributed by atoms with Gasteiger partial charge in [0.25, 0.3) is 0 Å². The van der Waals surface area contributed by atoms with Gasteiger partial charge in [-0.3, -0.25) is 0 Å². The lowest BCUT2D eigenvalue weighted by atomic mass is 10.0. The van der Waals surface area contributed by atoms with Crippen LogP contribution in [0.15, 0.2) is 96.3 Å². The second kappa shape index (κ2) is 14.0. The van der Waals surface area contributed by atoms with Crippen LogP contribution in [-0.2, 0) is 21.8 Å². The molecule has 2 saturated heterocycles. The molecule has 0 N–H and O–H groups in total. The molecule has 0 amide bonds. The average Bonchev–Trinajstić information content (AvgIpc) is 3.92. The van der Waals surface area contributed by atoms with E-state index in [4.69, 9.17) is 20.6 Å². The fourth-order valence-electron chi connectivity index (χ4n) is 6.26. The van der Waals surface area contributed by atoms with Gasteiger partial charge in [0.2, 0.25) is 5.79 Å². The number of piperazine rings is 1. The Morgan fingerprint density at radius 3 is 2.12 bits per heavy atom. The number of hydrogen-bond acceptors (Lipinski definition) is 9. The van der Waals surface area contributed by atoms with Crippen LogP contribution in [0.1, 0.15) is 37.4 Å². The zero-order chi connectivity index (χ0) is 33.8. The molecule has 0 spiro atoms. The number of rotatable bonds is 11. The summed E-state index contributed by atoms with van der Waals surface area (Å²) in [6, 6.07) is 24.0. The molecule has 0 bridgehead atoms. The summed E-state index contributed by atoms with van der Waals surface area (Å²) >= 11 is 0. The second-order valence-electron chi connectivity index (χ2n) is 12.4. The Hall–Kier alpha value is -5.38. The molecule has 2 aliphatic rings. The summed E-state index contributed by atoms with van der Waals surface area (Å²) in [6.45, 7) is 8.63. The first-order valence-corrected chi connectivity index (χ1v) is 16.7. The van der Waals surface area contributed by atoms with Gasteiger partial charge in [0.15, 0.2) is 0 Å². The van der Waals surface area contributed by atoms with Crippen LogP contribution in [0.2, 0.25) is 0 Å². The molecule has 4 heterocycles. The van der Waals surface area contributed by atoms with E-state index < -0.39 is 5.79 Å². The summed E-state index contributed by atoms with van der Waals surface area (Å²) < 4.78 is 22.1. The summed E-state index contributed by atoms with van der Waals surface area (Å²) in [5, 5.41) is 12.8. The fraction of sp³-hybridized carbons (Fsp3) is 0.351. The van der Waals surface area contributed by atoms with Crippen molar-refractivity contribution in [3.05, 3.63) is 113 Å². The van der Waals surface area contributed by atoms with E-state index in [1.165, 1.54) is 0 Å². The van der Waals surface area contributed by atoms with Crippen LogP contribution < -0.4 is 20.2 Å². The van der Waals surface area contributed by atoms with E-state index >= 15 is 0 Å². The van der Waals surface area contributed by atoms with Gasteiger partial charge in [-0.1, -0.05) is 25.0 Å². The van der Waals surface area contributed by atoms with Crippen LogP contribution in [0.3, 0.4) is 0 Å². The van der Waals surface area contributed by atoms with E-state index in [9.17, 15) is 4.79 Å². The van der Waals surface area contributed by atoms with Crippen molar-refractivity contribution in [1.82, 2.24) is 29.3 Å². The first-order chi connectivity index (χ1) is 23.9. The molecule has 12 nitrogen and oxygen atoms in total. The van der Waals surface area contributed by atoms with Crippen LogP contribution in [-0.4, -0.2) is 74.8 Å². The summed E-state index contributed by atoms with van der Waals surface area (Å²) in [7, 11) is 0. The molecule has 5 aromatic rings. The van der Waals surface area contributed by atoms with Crippen molar-refractivity contribution in [3.8, 4) is 23.8 Å². The van der Waals surface area contributed by atoms with Crippen molar-refractivity contribution in [2.75, 3.05) is 49.2 Å². The van der Waals surface area contributed by atoms with Crippen LogP contribution >= 0.6 is 0 Å². The second-order valence-corrected chi connectivity index (χ2v) is 12.4. The van der Waals surface area contributed by atoms with E-state index in [-0.39, 0.29) is 17.8 Å². The average molecular weight is 661 g/mol. The zero-order valence-electron chi connectivity index (χ0n) is 27.8. The third-order valence-corrected chi connectivity index (χ3v) is 9.28. The van der Waals surface area contributed by atoms with E-state index in [1.54, 1.807) is 32.8 Å². The predicted octanol–water partition coefficient (Wildman–Crippen LogP) is 4.25. The van der Waals surface area contributed by atoms with Gasteiger partial charge >= 0.3 is 5.69 Å². The Morgan fingerprint density at radius 1 is 0.898 bits per heavy atom. The lowest BCUT2D eigenvalue weighted by molar-refractivity contribution is -0.192. The van der Waals surface area contributed by atoms with Crippen LogP contribution in [0.25, 0.3) is 5.69 Å². The van der Waals surface area contributed by atoms with Crippen molar-refractivity contribution in [3.63, 3.8) is 0 Å². The highest BCUT2D eigenvalue weighted by atomic mass is 16.8. The molecule has 3 unspecified atom stereocenters. The molecular formula is C37H40N8O4. The molecule has 49 heavy (non-hydrogen) atoms. The first kappa shape index (κ1) is 32.2. The standard InChI is InChI=1S/C37H40N8O4/c1-4-28(3)45-36(46)43(27-40-45)33-12-10-31(11-13-33)41-20-22-42(23-21-41)32-14-16-34(17-15-32)47-24-35-25-48-37(49-35,26-44-38-18-19-39-44)30-8-6-29(5-2)7-9-30/h2,6-19,27-28,35H,4,20-26H2,1,3H3. The Balaban J connectivity index is 0.920. The van der Waals surface area contributed by atoms with Gasteiger partial charge in [-0.15, -0.1) is 6.42 Å². The SMILES string of the molecule is C#Cc1ccc(C2(Cn3nccn3)OCC(COc3ccc(N4CCN(c5ccc(-n6cnn(C(C)CC)c6=O)cc5)CC4)cc3)O2)cc1. The zero-order valence-corrected chi connectivity index (χ0v) is 27.8. The lowest BCUT2D eigenvalue weighted by Gasteiger charge is -2.37. The van der Waals surface area contributed by atoms with Crippen molar-refractivity contribution in [2.24, 2.45) is 0 Å². The Bertz CT molecular complexity index is 1920. The smallest absolute Gasteiger partial charge is 0.350 e. The molecule has 3 aromatic carbocycles. The number of anilines is 2. The summed E-state index contributed by atoms with van der Waals surface area (Å²) in [6.07, 6.45) is 11.0. The largest absolute Gasteiger partial charge is 0.491 e. The summed E-state index contributed by atoms with van der Waals surface area (Å²) in [5.74, 6) is 2.37. The number of ether oxygens (including phenoxy) is 3. The van der Waals surface area contributed by atoms with Gasteiger partial charge in [-0.05, 0) is 74.0 Å². The molecule has 2 aliphatic heterocycles. The summed E-state index contributed by atoms with van der Waals surface area (Å²) in [5.41, 5.74) is 4.63. The van der Waals surface area contributed by atoms with E-state index in [0.29, 0.717) is 19.8 Å². The lowest BCUT2D eigenvalue weighted by Crippen LogP contribution is -2.46. The van der Waals surface area contributed by atoms with Crippen molar-refractivity contribution >= 4 is 11.4 Å². The summed E-state index contributed by atoms with van der Waals surface area (Å²) in [4.78, 5) is 19.1. The first-order valence-electron chi connectivity index (χ1n) is 16.7. The number of hydrogen-bond donors (Lipinski definition) is 0. The van der Waals surface area contributed by atoms with Gasteiger partial charge < -0.3 is 24.0 Å². The molecule has 0 radical (unpaired) electrons. The molecule has 0 saturated carbocycles. The molecule has 12 heteroatoms. The van der Waals surface area contributed by atoms with E-state index in [1.807, 2.05) is 55.5 Å². The minimum atomic E-state index is -1.05. The third-order valence-electron chi connectivity index (χ3n) is 9.28. The molecule has 252 valence electrons. The van der Waals surface area contributed by atoms with Crippen molar-refractivity contribution in [1.29, 1.82) is 0 Å². The maximum Gasteiger partial charge on any atom is 0.350 e. The Kier molecular flexibility index (Phi) is 9.19. The Morgan fingerprint density at radius 2 is 1.51 bits per heavy atom.